The number of rotatable bonds is 2. The summed E-state index contributed by atoms with van der Waals surface area (Å²) in [5, 5.41) is 5.51. The van der Waals surface area contributed by atoms with Gasteiger partial charge in [-0.2, -0.15) is 5.10 Å². The second-order valence-corrected chi connectivity index (χ2v) is 8.27. The zero-order valence-electron chi connectivity index (χ0n) is 14.1. The third-order valence-corrected chi connectivity index (χ3v) is 6.02. The lowest BCUT2D eigenvalue weighted by Gasteiger charge is -2.28. The van der Waals surface area contributed by atoms with E-state index in [1.54, 1.807) is 0 Å². The molecule has 0 bridgehead atoms. The van der Waals surface area contributed by atoms with Gasteiger partial charge in [0.15, 0.2) is 0 Å². The van der Waals surface area contributed by atoms with Crippen LogP contribution in [0.1, 0.15) is 35.0 Å². The fourth-order valence-electron chi connectivity index (χ4n) is 3.98. The van der Waals surface area contributed by atoms with E-state index in [0.29, 0.717) is 6.04 Å². The van der Waals surface area contributed by atoms with Crippen molar-refractivity contribution in [3.8, 4) is 5.75 Å². The van der Waals surface area contributed by atoms with Crippen LogP contribution in [0.2, 0.25) is 5.02 Å². The van der Waals surface area contributed by atoms with Crippen LogP contribution in [0.15, 0.2) is 16.6 Å². The number of aryl methyl sites for hydroxylation is 2. The fourth-order valence-corrected chi connectivity index (χ4v) is 4.95. The molecule has 128 valence electrons. The molecule has 4 nitrogen and oxygen atoms in total. The molecule has 1 aromatic carbocycles. The number of fused-ring (bicyclic) bond motifs is 2. The highest BCUT2D eigenvalue weighted by atomic mass is 79.9. The van der Waals surface area contributed by atoms with Crippen LogP contribution >= 0.6 is 27.5 Å². The molecule has 0 saturated heterocycles. The van der Waals surface area contributed by atoms with Crippen molar-refractivity contribution in [2.24, 2.45) is 7.05 Å². The van der Waals surface area contributed by atoms with E-state index in [4.69, 9.17) is 21.4 Å². The molecule has 4 rings (SSSR count). The lowest BCUT2D eigenvalue weighted by molar-refractivity contribution is 0.221. The van der Waals surface area contributed by atoms with Crippen molar-refractivity contribution in [3.05, 3.63) is 44.1 Å². The normalized spacial score (nSPS) is 22.4. The summed E-state index contributed by atoms with van der Waals surface area (Å²) in [4.78, 5) is 2.32. The number of halogens is 2. The fraction of sp³-hybridized carbons (Fsp3) is 0.500. The van der Waals surface area contributed by atoms with Gasteiger partial charge in [-0.25, -0.2) is 0 Å². The van der Waals surface area contributed by atoms with Crippen LogP contribution in [0, 0.1) is 0 Å². The van der Waals surface area contributed by atoms with Crippen LogP contribution in [-0.2, 0) is 26.3 Å². The molecule has 2 aliphatic rings. The van der Waals surface area contributed by atoms with Gasteiger partial charge in [0.2, 0.25) is 0 Å². The third-order valence-electron chi connectivity index (χ3n) is 5.22. The van der Waals surface area contributed by atoms with Crippen molar-refractivity contribution in [1.82, 2.24) is 14.7 Å². The minimum absolute atomic E-state index is 0.0110. The van der Waals surface area contributed by atoms with Gasteiger partial charge in [0, 0.05) is 35.7 Å². The highest BCUT2D eigenvalue weighted by Crippen LogP contribution is 2.44. The summed E-state index contributed by atoms with van der Waals surface area (Å²) >= 11 is 9.77. The number of benzene rings is 1. The molecule has 6 heteroatoms. The average molecular weight is 411 g/mol. The van der Waals surface area contributed by atoms with Gasteiger partial charge in [0.05, 0.1) is 15.9 Å². The van der Waals surface area contributed by atoms with Crippen LogP contribution < -0.4 is 4.74 Å². The van der Waals surface area contributed by atoms with Gasteiger partial charge >= 0.3 is 0 Å². The van der Waals surface area contributed by atoms with Gasteiger partial charge in [0.1, 0.15) is 11.9 Å². The van der Waals surface area contributed by atoms with Crippen LogP contribution in [0.5, 0.6) is 5.75 Å². The lowest BCUT2D eigenvalue weighted by atomic mass is 9.89. The quantitative estimate of drug-likeness (QED) is 0.751. The van der Waals surface area contributed by atoms with Gasteiger partial charge in [0.25, 0.3) is 0 Å². The van der Waals surface area contributed by atoms with Gasteiger partial charge in [-0.3, -0.25) is 4.68 Å². The average Bonchev–Trinajstić information content (AvgIpc) is 3.05. The minimum Gasteiger partial charge on any atom is -0.482 e. The topological polar surface area (TPSA) is 30.3 Å². The van der Waals surface area contributed by atoms with Gasteiger partial charge < -0.3 is 9.64 Å². The zero-order chi connectivity index (χ0) is 17.0. The lowest BCUT2D eigenvalue weighted by Crippen LogP contribution is -2.33. The van der Waals surface area contributed by atoms with Crippen molar-refractivity contribution in [2.75, 3.05) is 14.1 Å². The molecule has 2 aromatic rings. The molecule has 0 spiro atoms. The maximum absolute atomic E-state index is 6.30. The maximum atomic E-state index is 6.30. The summed E-state index contributed by atoms with van der Waals surface area (Å²) < 4.78 is 9.25. The standard InChI is InChI=1S/C18H21BrClN3O/c1-22(2)12-4-5-15-13(9-12)17(23(3)21-15)16-7-10-6-11(20)8-14(19)18(10)24-16/h6,8,12,16H,4-5,7,9H2,1-3H3/t12?,16-/m0/s1. The Morgan fingerprint density at radius 1 is 1.33 bits per heavy atom. The molecule has 0 radical (unpaired) electrons. The molecule has 24 heavy (non-hydrogen) atoms. The number of hydrogen-bond donors (Lipinski definition) is 0. The molecular weight excluding hydrogens is 390 g/mol. The Kier molecular flexibility index (Phi) is 4.14. The van der Waals surface area contributed by atoms with E-state index in [-0.39, 0.29) is 6.10 Å². The van der Waals surface area contributed by atoms with Crippen LogP contribution in [0.3, 0.4) is 0 Å². The molecular formula is C18H21BrClN3O. The van der Waals surface area contributed by atoms with E-state index in [0.717, 1.165) is 40.1 Å². The molecule has 0 amide bonds. The smallest absolute Gasteiger partial charge is 0.145 e. The number of nitrogens with zero attached hydrogens (tertiary/aromatic N) is 3. The van der Waals surface area contributed by atoms with Gasteiger partial charge in [-0.1, -0.05) is 11.6 Å². The largest absolute Gasteiger partial charge is 0.482 e. The predicted octanol–water partition coefficient (Wildman–Crippen LogP) is 3.93. The highest BCUT2D eigenvalue weighted by Gasteiger charge is 2.34. The predicted molar refractivity (Wildman–Crippen MR) is 98.9 cm³/mol. The van der Waals surface area contributed by atoms with Crippen LogP contribution in [0.25, 0.3) is 0 Å². The Bertz CT molecular complexity index is 802. The Balaban J connectivity index is 1.70. The summed E-state index contributed by atoms with van der Waals surface area (Å²) in [7, 11) is 6.35. The summed E-state index contributed by atoms with van der Waals surface area (Å²) in [5.41, 5.74) is 5.00. The summed E-state index contributed by atoms with van der Waals surface area (Å²) in [6.07, 6.45) is 4.11. The monoisotopic (exact) mass is 409 g/mol. The number of hydrogen-bond acceptors (Lipinski definition) is 3. The Morgan fingerprint density at radius 3 is 2.88 bits per heavy atom. The summed E-state index contributed by atoms with van der Waals surface area (Å²) in [6, 6.07) is 4.47. The van der Waals surface area contributed by atoms with Crippen LogP contribution in [0.4, 0.5) is 0 Å². The Labute approximate surface area is 155 Å². The first-order valence-corrected chi connectivity index (χ1v) is 9.46. The number of ether oxygens (including phenoxy) is 1. The molecule has 2 atom stereocenters. The van der Waals surface area contributed by atoms with E-state index in [9.17, 15) is 0 Å². The second-order valence-electron chi connectivity index (χ2n) is 6.98. The van der Waals surface area contributed by atoms with Crippen molar-refractivity contribution >= 4 is 27.5 Å². The van der Waals surface area contributed by atoms with E-state index >= 15 is 0 Å². The van der Waals surface area contributed by atoms with Crippen molar-refractivity contribution < 1.29 is 4.74 Å². The van der Waals surface area contributed by atoms with Crippen molar-refractivity contribution in [1.29, 1.82) is 0 Å². The Morgan fingerprint density at radius 2 is 2.12 bits per heavy atom. The molecule has 2 heterocycles. The first-order chi connectivity index (χ1) is 11.4. The molecule has 0 fully saturated rings. The molecule has 1 aliphatic carbocycles. The van der Waals surface area contributed by atoms with E-state index in [1.165, 1.54) is 23.4 Å². The summed E-state index contributed by atoms with van der Waals surface area (Å²) in [6.45, 7) is 0. The van der Waals surface area contributed by atoms with Gasteiger partial charge in [-0.05, 0) is 61.4 Å². The maximum Gasteiger partial charge on any atom is 0.145 e. The van der Waals surface area contributed by atoms with Crippen molar-refractivity contribution in [3.63, 3.8) is 0 Å². The molecule has 1 aromatic heterocycles. The zero-order valence-corrected chi connectivity index (χ0v) is 16.5. The van der Waals surface area contributed by atoms with Crippen LogP contribution in [-0.4, -0.2) is 34.8 Å². The van der Waals surface area contributed by atoms with E-state index < -0.39 is 0 Å². The molecule has 1 aliphatic heterocycles. The number of likely N-dealkylation sites (N-methyl/N-ethyl adjacent to an activating group) is 1. The number of aromatic nitrogens is 2. The first kappa shape index (κ1) is 16.4. The third kappa shape index (κ3) is 2.67. The molecule has 0 saturated carbocycles. The molecule has 1 unspecified atom stereocenters. The van der Waals surface area contributed by atoms with Crippen molar-refractivity contribution in [2.45, 2.75) is 37.8 Å². The summed E-state index contributed by atoms with van der Waals surface area (Å²) in [5.74, 6) is 0.916. The highest BCUT2D eigenvalue weighted by molar-refractivity contribution is 9.10. The van der Waals surface area contributed by atoms with E-state index in [2.05, 4.69) is 34.9 Å². The van der Waals surface area contributed by atoms with E-state index in [1.807, 2.05) is 23.9 Å². The second kappa shape index (κ2) is 6.04. The first-order valence-electron chi connectivity index (χ1n) is 8.29. The molecule has 0 N–H and O–H groups in total. The van der Waals surface area contributed by atoms with Gasteiger partial charge in [-0.15, -0.1) is 0 Å². The minimum atomic E-state index is 0.0110. The SMILES string of the molecule is CN(C)C1CCc2nn(C)c([C@@H]3Cc4cc(Cl)cc(Br)c4O3)c2C1. The Hall–Kier alpha value is -1.04.